The zero-order valence-electron chi connectivity index (χ0n) is 22.6. The summed E-state index contributed by atoms with van der Waals surface area (Å²) in [6, 6.07) is 19.0. The summed E-state index contributed by atoms with van der Waals surface area (Å²) in [5.41, 5.74) is 0.981. The van der Waals surface area contributed by atoms with Crippen molar-refractivity contribution in [3.05, 3.63) is 92.9 Å². The maximum absolute atomic E-state index is 14.2. The molecule has 218 valence electrons. The predicted molar refractivity (Wildman–Crippen MR) is 167 cm³/mol. The molecule has 1 atom stereocenters. The van der Waals surface area contributed by atoms with E-state index in [1.54, 1.807) is 60.7 Å². The predicted octanol–water partition coefficient (Wildman–Crippen LogP) is 6.82. The molecule has 3 aromatic rings. The Morgan fingerprint density at radius 3 is 2.32 bits per heavy atom. The fourth-order valence-corrected chi connectivity index (χ4v) is 7.14. The number of halogens is 3. The van der Waals surface area contributed by atoms with Crippen molar-refractivity contribution in [1.82, 2.24) is 10.2 Å². The third kappa shape index (κ3) is 7.83. The third-order valence-corrected chi connectivity index (χ3v) is 10.2. The van der Waals surface area contributed by atoms with Gasteiger partial charge in [-0.05, 0) is 67.3 Å². The number of amides is 2. The Bertz CT molecular complexity index is 1480. The lowest BCUT2D eigenvalue weighted by atomic mass is 10.1. The first-order chi connectivity index (χ1) is 19.6. The molecule has 0 bridgehead atoms. The van der Waals surface area contributed by atoms with Crippen molar-refractivity contribution in [2.75, 3.05) is 10.8 Å². The molecule has 0 aliphatic heterocycles. The van der Waals surface area contributed by atoms with Gasteiger partial charge in [-0.25, -0.2) is 8.42 Å². The van der Waals surface area contributed by atoms with E-state index in [4.69, 9.17) is 23.2 Å². The molecule has 1 saturated carbocycles. The largest absolute Gasteiger partial charge is 0.352 e. The molecule has 0 saturated heterocycles. The summed E-state index contributed by atoms with van der Waals surface area (Å²) in [4.78, 5) is 29.2. The molecule has 1 fully saturated rings. The Balaban J connectivity index is 1.72. The summed E-state index contributed by atoms with van der Waals surface area (Å²) in [6.07, 6.45) is 4.23. The Morgan fingerprint density at radius 1 is 0.976 bits per heavy atom. The Hall–Kier alpha value is -2.59. The number of carbonyl (C=O) groups excluding carboxylic acids is 2. The second-order valence-electron chi connectivity index (χ2n) is 9.99. The molecule has 4 rings (SSSR count). The number of sulfonamides is 1. The van der Waals surface area contributed by atoms with Crippen LogP contribution in [0.1, 0.15) is 44.6 Å². The quantitative estimate of drug-likeness (QED) is 0.241. The fraction of sp³-hybridized carbons (Fsp3) is 0.333. The molecule has 0 aromatic heterocycles. The lowest BCUT2D eigenvalue weighted by Crippen LogP contribution is -2.53. The fourth-order valence-electron chi connectivity index (χ4n) is 5.00. The molecule has 1 N–H and O–H groups in total. The second-order valence-corrected chi connectivity index (χ2v) is 13.6. The lowest BCUT2D eigenvalue weighted by Gasteiger charge is -2.34. The smallest absolute Gasteiger partial charge is 0.264 e. The van der Waals surface area contributed by atoms with Gasteiger partial charge in [0.15, 0.2) is 0 Å². The molecule has 2 amide bonds. The minimum Gasteiger partial charge on any atom is -0.352 e. The molecule has 1 aliphatic carbocycles. The van der Waals surface area contributed by atoms with E-state index in [0.29, 0.717) is 32.2 Å². The first kappa shape index (κ1) is 31.3. The molecule has 3 aromatic carbocycles. The van der Waals surface area contributed by atoms with Gasteiger partial charge in [-0.15, -0.1) is 0 Å². The van der Waals surface area contributed by atoms with Crippen molar-refractivity contribution >= 4 is 66.7 Å². The van der Waals surface area contributed by atoms with Crippen LogP contribution in [0.3, 0.4) is 0 Å². The topological polar surface area (TPSA) is 86.8 Å². The lowest BCUT2D eigenvalue weighted by molar-refractivity contribution is -0.140. The molecule has 0 unspecified atom stereocenters. The standard InChI is InChI=1S/C30H32BrCl2N3O4S/c1-2-28(30(38)34-23-10-6-7-11-23)35(19-21-15-16-26(32)27(33)17-21)29(37)20-36(24-12-8-9-22(31)18-24)41(39,40)25-13-4-3-5-14-25/h3-5,8-9,12-18,23,28H,2,6-7,10-11,19-20H2,1H3,(H,34,38)/t28-/m0/s1. The SMILES string of the molecule is CC[C@@H](C(=O)NC1CCCC1)N(Cc1ccc(Cl)c(Cl)c1)C(=O)CN(c1cccc(Br)c1)S(=O)(=O)c1ccccc1. The van der Waals surface area contributed by atoms with Gasteiger partial charge in [0.25, 0.3) is 10.0 Å². The van der Waals surface area contributed by atoms with Crippen molar-refractivity contribution in [2.45, 2.75) is 62.6 Å². The Morgan fingerprint density at radius 2 is 1.68 bits per heavy atom. The summed E-state index contributed by atoms with van der Waals surface area (Å²) in [5, 5.41) is 3.79. The average Bonchev–Trinajstić information content (AvgIpc) is 3.46. The van der Waals surface area contributed by atoms with Crippen molar-refractivity contribution in [2.24, 2.45) is 0 Å². The van der Waals surface area contributed by atoms with Crippen LogP contribution in [0.25, 0.3) is 0 Å². The normalized spacial score (nSPS) is 14.4. The van der Waals surface area contributed by atoms with Crippen molar-refractivity contribution in [3.8, 4) is 0 Å². The van der Waals surface area contributed by atoms with Crippen LogP contribution in [-0.2, 0) is 26.2 Å². The van der Waals surface area contributed by atoms with E-state index >= 15 is 0 Å². The second kappa shape index (κ2) is 14.1. The molecule has 0 heterocycles. The minimum atomic E-state index is -4.13. The van der Waals surface area contributed by atoms with Gasteiger partial charge in [0.1, 0.15) is 12.6 Å². The summed E-state index contributed by atoms with van der Waals surface area (Å²) >= 11 is 15.8. The van der Waals surface area contributed by atoms with E-state index in [2.05, 4.69) is 21.2 Å². The Labute approximate surface area is 260 Å². The molecular formula is C30H32BrCl2N3O4S. The van der Waals surface area contributed by atoms with Gasteiger partial charge in [-0.3, -0.25) is 13.9 Å². The van der Waals surface area contributed by atoms with Gasteiger partial charge in [-0.1, -0.05) is 89.2 Å². The van der Waals surface area contributed by atoms with Gasteiger partial charge in [0, 0.05) is 17.1 Å². The highest BCUT2D eigenvalue weighted by molar-refractivity contribution is 9.10. The maximum atomic E-state index is 14.2. The monoisotopic (exact) mass is 679 g/mol. The molecule has 11 heteroatoms. The van der Waals surface area contributed by atoms with Gasteiger partial charge in [0.05, 0.1) is 20.6 Å². The Kier molecular flexibility index (Phi) is 10.7. The van der Waals surface area contributed by atoms with E-state index in [1.807, 2.05) is 6.92 Å². The highest BCUT2D eigenvalue weighted by atomic mass is 79.9. The van der Waals surface area contributed by atoms with Crippen LogP contribution in [0.5, 0.6) is 0 Å². The molecule has 0 radical (unpaired) electrons. The van der Waals surface area contributed by atoms with E-state index in [9.17, 15) is 18.0 Å². The van der Waals surface area contributed by atoms with Crippen molar-refractivity contribution in [3.63, 3.8) is 0 Å². The molecule has 0 spiro atoms. The number of benzene rings is 3. The van der Waals surface area contributed by atoms with E-state index < -0.39 is 28.5 Å². The number of hydrogen-bond acceptors (Lipinski definition) is 4. The number of nitrogens with one attached hydrogen (secondary N) is 1. The van der Waals surface area contributed by atoms with Gasteiger partial charge < -0.3 is 10.2 Å². The van der Waals surface area contributed by atoms with Crippen LogP contribution in [-0.4, -0.2) is 43.8 Å². The highest BCUT2D eigenvalue weighted by Gasteiger charge is 2.34. The molecule has 7 nitrogen and oxygen atoms in total. The number of anilines is 1. The summed E-state index contributed by atoms with van der Waals surface area (Å²) in [6.45, 7) is 1.37. The highest BCUT2D eigenvalue weighted by Crippen LogP contribution is 2.28. The number of carbonyl (C=O) groups is 2. The van der Waals surface area contributed by atoms with Crippen LogP contribution in [0.15, 0.2) is 82.2 Å². The van der Waals surface area contributed by atoms with Gasteiger partial charge in [0.2, 0.25) is 11.8 Å². The van der Waals surface area contributed by atoms with Gasteiger partial charge >= 0.3 is 0 Å². The number of nitrogens with zero attached hydrogens (tertiary/aromatic N) is 2. The van der Waals surface area contributed by atoms with Crippen molar-refractivity contribution in [1.29, 1.82) is 0 Å². The van der Waals surface area contributed by atoms with Crippen LogP contribution in [0.2, 0.25) is 10.0 Å². The van der Waals surface area contributed by atoms with E-state index in [-0.39, 0.29) is 23.4 Å². The van der Waals surface area contributed by atoms with Gasteiger partial charge in [-0.2, -0.15) is 0 Å². The maximum Gasteiger partial charge on any atom is 0.264 e. The average molecular weight is 681 g/mol. The molecular weight excluding hydrogens is 649 g/mol. The van der Waals surface area contributed by atoms with Crippen LogP contribution >= 0.6 is 39.1 Å². The molecule has 1 aliphatic rings. The van der Waals surface area contributed by atoms with Crippen LogP contribution in [0.4, 0.5) is 5.69 Å². The van der Waals surface area contributed by atoms with E-state index in [0.717, 1.165) is 30.0 Å². The summed E-state index contributed by atoms with van der Waals surface area (Å²) in [7, 11) is -4.13. The zero-order valence-corrected chi connectivity index (χ0v) is 26.5. The summed E-state index contributed by atoms with van der Waals surface area (Å²) in [5.74, 6) is -0.781. The van der Waals surface area contributed by atoms with Crippen LogP contribution in [0, 0.1) is 0 Å². The first-order valence-electron chi connectivity index (χ1n) is 13.5. The summed E-state index contributed by atoms with van der Waals surface area (Å²) < 4.78 is 29.5. The van der Waals surface area contributed by atoms with Crippen molar-refractivity contribution < 1.29 is 18.0 Å². The third-order valence-electron chi connectivity index (χ3n) is 7.13. The van der Waals surface area contributed by atoms with Crippen LogP contribution < -0.4 is 9.62 Å². The minimum absolute atomic E-state index is 0.0457. The first-order valence-corrected chi connectivity index (χ1v) is 16.5. The number of rotatable bonds is 11. The van der Waals surface area contributed by atoms with E-state index in [1.165, 1.54) is 17.0 Å². The number of hydrogen-bond donors (Lipinski definition) is 1. The zero-order chi connectivity index (χ0) is 29.6. The molecule has 41 heavy (non-hydrogen) atoms.